The summed E-state index contributed by atoms with van der Waals surface area (Å²) < 4.78 is 5.22. The topological polar surface area (TPSA) is 53.7 Å². The molecular formula is C18H21NO3. The summed E-state index contributed by atoms with van der Waals surface area (Å²) in [5, 5.41) is 9.21. The van der Waals surface area contributed by atoms with Gasteiger partial charge in [0.25, 0.3) is 5.91 Å². The van der Waals surface area contributed by atoms with E-state index in [-0.39, 0.29) is 12.5 Å². The molecular weight excluding hydrogens is 278 g/mol. The van der Waals surface area contributed by atoms with Crippen molar-refractivity contribution in [2.24, 2.45) is 5.92 Å². The number of aryl methyl sites for hydroxylation is 1. The molecule has 1 aliphatic heterocycles. The van der Waals surface area contributed by atoms with Crippen LogP contribution in [0.2, 0.25) is 0 Å². The van der Waals surface area contributed by atoms with E-state index in [1.54, 1.807) is 12.3 Å². The molecule has 1 N–H and O–H groups in total. The van der Waals surface area contributed by atoms with Crippen molar-refractivity contribution in [3.63, 3.8) is 0 Å². The van der Waals surface area contributed by atoms with Crippen LogP contribution in [0, 0.1) is 12.8 Å². The Morgan fingerprint density at radius 2 is 2.18 bits per heavy atom. The summed E-state index contributed by atoms with van der Waals surface area (Å²) in [6.07, 6.45) is 3.53. The van der Waals surface area contributed by atoms with E-state index in [0.29, 0.717) is 17.2 Å². The molecule has 1 aliphatic rings. The second kappa shape index (κ2) is 6.36. The monoisotopic (exact) mass is 299 g/mol. The Labute approximate surface area is 130 Å². The number of furan rings is 1. The molecule has 1 aromatic carbocycles. The molecule has 2 heterocycles. The first-order chi connectivity index (χ1) is 10.7. The maximum atomic E-state index is 12.5. The van der Waals surface area contributed by atoms with Crippen LogP contribution in [-0.4, -0.2) is 29.0 Å². The molecule has 0 saturated carbocycles. The maximum Gasteiger partial charge on any atom is 0.257 e. The molecule has 1 fully saturated rings. The van der Waals surface area contributed by atoms with Gasteiger partial charge >= 0.3 is 0 Å². The normalized spacial score (nSPS) is 17.9. The molecule has 22 heavy (non-hydrogen) atoms. The maximum absolute atomic E-state index is 12.5. The standard InChI is InChI=1S/C18H21NO3/c1-13-17(6-8-22-13)18(21)19-7-5-15(11-19)9-14-3-2-4-16(10-14)12-20/h2-4,6,8,10,15,20H,5,7,9,11-12H2,1H3/t15-/m1/s1. The van der Waals surface area contributed by atoms with Gasteiger partial charge in [-0.25, -0.2) is 0 Å². The van der Waals surface area contributed by atoms with Gasteiger partial charge in [0.2, 0.25) is 0 Å². The highest BCUT2D eigenvalue weighted by molar-refractivity contribution is 5.95. The van der Waals surface area contributed by atoms with Gasteiger partial charge in [-0.2, -0.15) is 0 Å². The van der Waals surface area contributed by atoms with Gasteiger partial charge in [-0.1, -0.05) is 24.3 Å². The largest absolute Gasteiger partial charge is 0.469 e. The summed E-state index contributed by atoms with van der Waals surface area (Å²) in [6, 6.07) is 9.79. The number of likely N-dealkylation sites (tertiary alicyclic amines) is 1. The van der Waals surface area contributed by atoms with Gasteiger partial charge < -0.3 is 14.4 Å². The van der Waals surface area contributed by atoms with E-state index in [2.05, 4.69) is 6.07 Å². The lowest BCUT2D eigenvalue weighted by atomic mass is 9.97. The zero-order valence-electron chi connectivity index (χ0n) is 12.8. The number of benzene rings is 1. The van der Waals surface area contributed by atoms with Crippen LogP contribution < -0.4 is 0 Å². The lowest BCUT2D eigenvalue weighted by Crippen LogP contribution is -2.29. The number of rotatable bonds is 4. The van der Waals surface area contributed by atoms with Gasteiger partial charge in [-0.15, -0.1) is 0 Å². The van der Waals surface area contributed by atoms with Crippen molar-refractivity contribution in [2.45, 2.75) is 26.4 Å². The summed E-state index contributed by atoms with van der Waals surface area (Å²) in [7, 11) is 0. The highest BCUT2D eigenvalue weighted by Crippen LogP contribution is 2.24. The molecule has 0 aliphatic carbocycles. The summed E-state index contributed by atoms with van der Waals surface area (Å²) in [5.74, 6) is 1.23. The van der Waals surface area contributed by atoms with Crippen LogP contribution in [0.15, 0.2) is 41.0 Å². The van der Waals surface area contributed by atoms with Crippen molar-refractivity contribution < 1.29 is 14.3 Å². The molecule has 1 amide bonds. The minimum absolute atomic E-state index is 0.0675. The van der Waals surface area contributed by atoms with E-state index >= 15 is 0 Å². The Hall–Kier alpha value is -2.07. The first-order valence-electron chi connectivity index (χ1n) is 7.69. The fraction of sp³-hybridized carbons (Fsp3) is 0.389. The lowest BCUT2D eigenvalue weighted by Gasteiger charge is -2.16. The molecule has 4 nitrogen and oxygen atoms in total. The van der Waals surface area contributed by atoms with Crippen molar-refractivity contribution >= 4 is 5.91 Å². The van der Waals surface area contributed by atoms with Gasteiger partial charge in [0, 0.05) is 13.1 Å². The zero-order chi connectivity index (χ0) is 15.5. The number of aliphatic hydroxyl groups is 1. The molecule has 1 saturated heterocycles. The van der Waals surface area contributed by atoms with Gasteiger partial charge in [0.15, 0.2) is 0 Å². The predicted molar refractivity (Wildman–Crippen MR) is 83.5 cm³/mol. The van der Waals surface area contributed by atoms with Crippen LogP contribution in [0.1, 0.15) is 33.7 Å². The number of hydrogen-bond acceptors (Lipinski definition) is 3. The summed E-state index contributed by atoms with van der Waals surface area (Å²) in [4.78, 5) is 14.4. The van der Waals surface area contributed by atoms with Crippen LogP contribution in [0.25, 0.3) is 0 Å². The highest BCUT2D eigenvalue weighted by Gasteiger charge is 2.28. The zero-order valence-corrected chi connectivity index (χ0v) is 12.8. The minimum atomic E-state index is 0.0675. The van der Waals surface area contributed by atoms with E-state index in [4.69, 9.17) is 4.42 Å². The third-order valence-corrected chi connectivity index (χ3v) is 4.36. The van der Waals surface area contributed by atoms with E-state index in [9.17, 15) is 9.90 Å². The third kappa shape index (κ3) is 3.07. The summed E-state index contributed by atoms with van der Waals surface area (Å²) >= 11 is 0. The average molecular weight is 299 g/mol. The second-order valence-electron chi connectivity index (χ2n) is 5.98. The Morgan fingerprint density at radius 1 is 1.36 bits per heavy atom. The molecule has 2 aromatic rings. The molecule has 0 bridgehead atoms. The molecule has 3 rings (SSSR count). The van der Waals surface area contributed by atoms with Crippen molar-refractivity contribution in [3.05, 3.63) is 59.0 Å². The Kier molecular flexibility index (Phi) is 4.29. The number of nitrogens with zero attached hydrogens (tertiary/aromatic N) is 1. The number of hydrogen-bond donors (Lipinski definition) is 1. The lowest BCUT2D eigenvalue weighted by molar-refractivity contribution is 0.0785. The second-order valence-corrected chi connectivity index (χ2v) is 5.98. The van der Waals surface area contributed by atoms with Crippen LogP contribution in [0.3, 0.4) is 0 Å². The van der Waals surface area contributed by atoms with Crippen molar-refractivity contribution in [3.8, 4) is 0 Å². The average Bonchev–Trinajstić information content (AvgIpc) is 3.16. The first-order valence-corrected chi connectivity index (χ1v) is 7.69. The number of carbonyl (C=O) groups is 1. The molecule has 116 valence electrons. The van der Waals surface area contributed by atoms with E-state index in [1.165, 1.54) is 5.56 Å². The fourth-order valence-electron chi connectivity index (χ4n) is 3.15. The van der Waals surface area contributed by atoms with Crippen molar-refractivity contribution in [1.82, 2.24) is 4.90 Å². The van der Waals surface area contributed by atoms with Crippen LogP contribution >= 0.6 is 0 Å². The van der Waals surface area contributed by atoms with Gasteiger partial charge in [-0.3, -0.25) is 4.79 Å². The quantitative estimate of drug-likeness (QED) is 0.944. The molecule has 1 atom stereocenters. The van der Waals surface area contributed by atoms with Crippen LogP contribution in [0.5, 0.6) is 0 Å². The van der Waals surface area contributed by atoms with Crippen molar-refractivity contribution in [2.75, 3.05) is 13.1 Å². The van der Waals surface area contributed by atoms with E-state index < -0.39 is 0 Å². The SMILES string of the molecule is Cc1occc1C(=O)N1CC[C@H](Cc2cccc(CO)c2)C1. The highest BCUT2D eigenvalue weighted by atomic mass is 16.3. The fourth-order valence-corrected chi connectivity index (χ4v) is 3.15. The van der Waals surface area contributed by atoms with Gasteiger partial charge in [-0.05, 0) is 42.9 Å². The first kappa shape index (κ1) is 14.9. The molecule has 0 radical (unpaired) electrons. The Morgan fingerprint density at radius 3 is 2.91 bits per heavy atom. The van der Waals surface area contributed by atoms with E-state index in [1.807, 2.05) is 30.0 Å². The number of carbonyl (C=O) groups excluding carboxylic acids is 1. The summed E-state index contributed by atoms with van der Waals surface area (Å²) in [5.41, 5.74) is 2.84. The van der Waals surface area contributed by atoms with Crippen LogP contribution in [-0.2, 0) is 13.0 Å². The Bertz CT molecular complexity index is 662. The predicted octanol–water partition coefficient (Wildman–Crippen LogP) is 2.79. The minimum Gasteiger partial charge on any atom is -0.469 e. The van der Waals surface area contributed by atoms with Gasteiger partial charge in [0.05, 0.1) is 18.4 Å². The van der Waals surface area contributed by atoms with E-state index in [0.717, 1.165) is 31.5 Å². The summed E-state index contributed by atoms with van der Waals surface area (Å²) in [6.45, 7) is 3.48. The third-order valence-electron chi connectivity index (χ3n) is 4.36. The van der Waals surface area contributed by atoms with Gasteiger partial charge in [0.1, 0.15) is 5.76 Å². The smallest absolute Gasteiger partial charge is 0.257 e. The molecule has 1 aromatic heterocycles. The molecule has 0 unspecified atom stereocenters. The molecule has 0 spiro atoms. The Balaban J connectivity index is 1.62. The number of aliphatic hydroxyl groups excluding tert-OH is 1. The molecule has 4 heteroatoms. The van der Waals surface area contributed by atoms with Crippen molar-refractivity contribution in [1.29, 1.82) is 0 Å². The van der Waals surface area contributed by atoms with Crippen LogP contribution in [0.4, 0.5) is 0 Å². The number of amides is 1.